The van der Waals surface area contributed by atoms with E-state index >= 15 is 0 Å². The van der Waals surface area contributed by atoms with E-state index in [0.717, 1.165) is 10.2 Å². The van der Waals surface area contributed by atoms with Crippen LogP contribution in [0.25, 0.3) is 0 Å². The van der Waals surface area contributed by atoms with Crippen molar-refractivity contribution in [3.05, 3.63) is 63.0 Å². The van der Waals surface area contributed by atoms with Gasteiger partial charge in [0.15, 0.2) is 0 Å². The summed E-state index contributed by atoms with van der Waals surface area (Å²) in [5, 5.41) is 10.1. The van der Waals surface area contributed by atoms with Gasteiger partial charge in [-0.15, -0.1) is 0 Å². The fourth-order valence-electron chi connectivity index (χ4n) is 2.16. The first-order chi connectivity index (χ1) is 12.5. The number of aromatic amines is 1. The normalized spacial score (nSPS) is 11.6. The molecule has 0 atom stereocenters. The van der Waals surface area contributed by atoms with E-state index in [1.807, 2.05) is 19.1 Å². The summed E-state index contributed by atoms with van der Waals surface area (Å²) >= 11 is 11.0. The van der Waals surface area contributed by atoms with Gasteiger partial charge in [0.2, 0.25) is 10.6 Å². The predicted molar refractivity (Wildman–Crippen MR) is 94.6 cm³/mol. The zero-order valence-electron chi connectivity index (χ0n) is 13.4. The van der Waals surface area contributed by atoms with Gasteiger partial charge in [-0.25, -0.2) is 13.9 Å². The fourth-order valence-corrected chi connectivity index (χ4v) is 2.62. The molecule has 136 valence electrons. The Morgan fingerprint density at radius 1 is 1.42 bits per heavy atom. The van der Waals surface area contributed by atoms with Crippen molar-refractivity contribution in [2.45, 2.75) is 20.0 Å². The van der Waals surface area contributed by atoms with Crippen LogP contribution in [-0.4, -0.2) is 21.1 Å². The molecule has 0 saturated heterocycles. The topological polar surface area (TPSA) is 68.3 Å². The SMILES string of the molecule is Cc1cccc(Cl)c1OCc1ccc(/C=N/n2c(C(F)F)n[nH]c2=S)o1. The van der Waals surface area contributed by atoms with Gasteiger partial charge in [-0.2, -0.15) is 14.9 Å². The summed E-state index contributed by atoms with van der Waals surface area (Å²) in [7, 11) is 0. The molecule has 0 saturated carbocycles. The number of alkyl halides is 2. The number of rotatable bonds is 6. The second-order valence-corrected chi connectivity index (χ2v) is 6.02. The molecule has 0 radical (unpaired) electrons. The summed E-state index contributed by atoms with van der Waals surface area (Å²) in [6, 6.07) is 8.78. The van der Waals surface area contributed by atoms with Gasteiger partial charge in [-0.05, 0) is 42.9 Å². The molecule has 0 aliphatic heterocycles. The number of aryl methyl sites for hydroxylation is 1. The highest BCUT2D eigenvalue weighted by atomic mass is 35.5. The van der Waals surface area contributed by atoms with Gasteiger partial charge in [0.25, 0.3) is 6.43 Å². The van der Waals surface area contributed by atoms with Crippen LogP contribution in [0, 0.1) is 11.7 Å². The highest BCUT2D eigenvalue weighted by Crippen LogP contribution is 2.28. The summed E-state index contributed by atoms with van der Waals surface area (Å²) in [6.07, 6.45) is -1.54. The third kappa shape index (κ3) is 4.00. The molecule has 2 heterocycles. The Balaban J connectivity index is 1.71. The number of nitrogens with zero attached hydrogens (tertiary/aromatic N) is 3. The first-order valence-electron chi connectivity index (χ1n) is 7.42. The number of benzene rings is 1. The van der Waals surface area contributed by atoms with Crippen molar-refractivity contribution in [3.63, 3.8) is 0 Å². The summed E-state index contributed by atoms with van der Waals surface area (Å²) in [5.74, 6) is 0.876. The van der Waals surface area contributed by atoms with Gasteiger partial charge in [0.1, 0.15) is 23.9 Å². The third-order valence-corrected chi connectivity index (χ3v) is 3.94. The van der Waals surface area contributed by atoms with E-state index in [1.165, 1.54) is 6.21 Å². The zero-order chi connectivity index (χ0) is 18.7. The molecular formula is C16H13ClF2N4O2S. The van der Waals surface area contributed by atoms with Crippen LogP contribution in [0.1, 0.15) is 29.3 Å². The van der Waals surface area contributed by atoms with E-state index in [-0.39, 0.29) is 11.4 Å². The molecule has 0 spiro atoms. The lowest BCUT2D eigenvalue weighted by molar-refractivity contribution is 0.136. The lowest BCUT2D eigenvalue weighted by Crippen LogP contribution is -1.99. The number of H-pyrrole nitrogens is 1. The highest BCUT2D eigenvalue weighted by Gasteiger charge is 2.16. The second-order valence-electron chi connectivity index (χ2n) is 5.22. The van der Waals surface area contributed by atoms with Gasteiger partial charge < -0.3 is 9.15 Å². The molecule has 0 aliphatic rings. The molecular weight excluding hydrogens is 386 g/mol. The molecule has 3 rings (SSSR count). The molecule has 1 aromatic carbocycles. The summed E-state index contributed by atoms with van der Waals surface area (Å²) in [4.78, 5) is 0. The Hall–Kier alpha value is -2.52. The van der Waals surface area contributed by atoms with Crippen molar-refractivity contribution in [1.82, 2.24) is 14.9 Å². The number of hydrogen-bond donors (Lipinski definition) is 1. The van der Waals surface area contributed by atoms with Crippen LogP contribution in [0.3, 0.4) is 0 Å². The van der Waals surface area contributed by atoms with Crippen LogP contribution < -0.4 is 4.74 Å². The number of halogens is 3. The van der Waals surface area contributed by atoms with Crippen molar-refractivity contribution in [1.29, 1.82) is 0 Å². The quantitative estimate of drug-likeness (QED) is 0.474. The Bertz CT molecular complexity index is 976. The average molecular weight is 399 g/mol. The molecule has 1 N–H and O–H groups in total. The molecule has 0 bridgehead atoms. The number of nitrogens with one attached hydrogen (secondary N) is 1. The summed E-state index contributed by atoms with van der Waals surface area (Å²) < 4.78 is 37.7. The number of aromatic nitrogens is 3. The van der Waals surface area contributed by atoms with E-state index in [0.29, 0.717) is 22.3 Å². The number of ether oxygens (including phenoxy) is 1. The van der Waals surface area contributed by atoms with E-state index in [2.05, 4.69) is 15.3 Å². The number of hydrogen-bond acceptors (Lipinski definition) is 5. The average Bonchev–Trinajstić information content (AvgIpc) is 3.19. The molecule has 0 amide bonds. The van der Waals surface area contributed by atoms with Gasteiger partial charge in [-0.3, -0.25) is 0 Å². The molecule has 0 fully saturated rings. The Kier molecular flexibility index (Phi) is 5.48. The van der Waals surface area contributed by atoms with Crippen LogP contribution in [0.5, 0.6) is 5.75 Å². The second kappa shape index (κ2) is 7.79. The van der Waals surface area contributed by atoms with E-state index in [9.17, 15) is 8.78 Å². The molecule has 0 aliphatic carbocycles. The molecule has 6 nitrogen and oxygen atoms in total. The minimum Gasteiger partial charge on any atom is -0.484 e. The number of para-hydroxylation sites is 1. The van der Waals surface area contributed by atoms with Gasteiger partial charge in [-0.1, -0.05) is 23.7 Å². The predicted octanol–water partition coefficient (Wildman–Crippen LogP) is 4.89. The summed E-state index contributed by atoms with van der Waals surface area (Å²) in [6.45, 7) is 2.04. The van der Waals surface area contributed by atoms with Crippen molar-refractivity contribution >= 4 is 30.0 Å². The van der Waals surface area contributed by atoms with Crippen LogP contribution in [-0.2, 0) is 6.61 Å². The largest absolute Gasteiger partial charge is 0.484 e. The highest BCUT2D eigenvalue weighted by molar-refractivity contribution is 7.71. The van der Waals surface area contributed by atoms with Crippen molar-refractivity contribution in [2.24, 2.45) is 5.10 Å². The molecule has 2 aromatic heterocycles. The van der Waals surface area contributed by atoms with Gasteiger partial charge >= 0.3 is 0 Å². The standard InChI is InChI=1S/C16H13ClF2N4O2S/c1-9-3-2-4-12(17)13(9)24-8-11-6-5-10(25-11)7-20-23-15(14(18)19)21-22-16(23)26/h2-7,14H,8H2,1H3,(H,22,26)/b20-7+. The fraction of sp³-hybridized carbons (Fsp3) is 0.188. The maximum Gasteiger partial charge on any atom is 0.299 e. The Morgan fingerprint density at radius 2 is 2.23 bits per heavy atom. The zero-order valence-corrected chi connectivity index (χ0v) is 15.0. The van der Waals surface area contributed by atoms with Gasteiger partial charge in [0.05, 0.1) is 11.2 Å². The summed E-state index contributed by atoms with van der Waals surface area (Å²) in [5.41, 5.74) is 0.903. The maximum absolute atomic E-state index is 12.8. The minimum absolute atomic E-state index is 0.0409. The molecule has 3 aromatic rings. The van der Waals surface area contributed by atoms with Crippen LogP contribution in [0.4, 0.5) is 8.78 Å². The molecule has 26 heavy (non-hydrogen) atoms. The minimum atomic E-state index is -2.81. The monoisotopic (exact) mass is 398 g/mol. The van der Waals surface area contributed by atoms with E-state index < -0.39 is 12.2 Å². The van der Waals surface area contributed by atoms with Gasteiger partial charge in [0, 0.05) is 0 Å². The smallest absolute Gasteiger partial charge is 0.299 e. The lowest BCUT2D eigenvalue weighted by atomic mass is 10.2. The van der Waals surface area contributed by atoms with Crippen molar-refractivity contribution in [2.75, 3.05) is 0 Å². The van der Waals surface area contributed by atoms with Crippen LogP contribution >= 0.6 is 23.8 Å². The Labute approximate surface area is 157 Å². The Morgan fingerprint density at radius 3 is 2.96 bits per heavy atom. The maximum atomic E-state index is 12.8. The van der Waals surface area contributed by atoms with Crippen molar-refractivity contribution in [3.8, 4) is 5.75 Å². The number of furan rings is 1. The lowest BCUT2D eigenvalue weighted by Gasteiger charge is -2.09. The van der Waals surface area contributed by atoms with Crippen LogP contribution in [0.15, 0.2) is 39.9 Å². The van der Waals surface area contributed by atoms with E-state index in [4.69, 9.17) is 33.0 Å². The molecule has 10 heteroatoms. The first kappa shape index (κ1) is 18.3. The molecule has 0 unspecified atom stereocenters. The first-order valence-corrected chi connectivity index (χ1v) is 8.21. The van der Waals surface area contributed by atoms with E-state index in [1.54, 1.807) is 18.2 Å². The van der Waals surface area contributed by atoms with Crippen LogP contribution in [0.2, 0.25) is 5.02 Å². The van der Waals surface area contributed by atoms with Crippen molar-refractivity contribution < 1.29 is 17.9 Å². The third-order valence-electron chi connectivity index (χ3n) is 3.38.